The Morgan fingerprint density at radius 3 is 2.44 bits per heavy atom. The van der Waals surface area contributed by atoms with E-state index in [9.17, 15) is 0 Å². The van der Waals surface area contributed by atoms with Crippen LogP contribution in [-0.2, 0) is 4.74 Å². The summed E-state index contributed by atoms with van der Waals surface area (Å²) < 4.78 is 5.36. The summed E-state index contributed by atoms with van der Waals surface area (Å²) in [7, 11) is 1.83. The van der Waals surface area contributed by atoms with Crippen molar-refractivity contribution in [2.75, 3.05) is 44.8 Å². The van der Waals surface area contributed by atoms with Crippen LogP contribution < -0.4 is 4.90 Å². The average molecular weight is 365 g/mol. The van der Waals surface area contributed by atoms with Crippen molar-refractivity contribution in [2.45, 2.75) is 32.2 Å². The molecule has 0 N–H and O–H groups in total. The molecule has 0 amide bonds. The maximum Gasteiger partial charge on any atom is 0.0503 e. The minimum Gasteiger partial charge on any atom is -0.384 e. The van der Waals surface area contributed by atoms with E-state index >= 15 is 0 Å². The van der Waals surface area contributed by atoms with Gasteiger partial charge in [-0.2, -0.15) is 0 Å². The average Bonchev–Trinajstić information content (AvgIpc) is 3.18. The Hall–Kier alpha value is -1.84. The molecule has 1 atom stereocenters. The number of hydrogen-bond acceptors (Lipinski definition) is 3. The zero-order chi connectivity index (χ0) is 18.6. The van der Waals surface area contributed by atoms with Gasteiger partial charge in [0.05, 0.1) is 6.61 Å². The molecule has 1 unspecified atom stereocenters. The van der Waals surface area contributed by atoms with Crippen LogP contribution in [-0.4, -0.2) is 50.8 Å². The first-order valence-corrected chi connectivity index (χ1v) is 10.4. The first-order valence-electron chi connectivity index (χ1n) is 10.4. The van der Waals surface area contributed by atoms with Gasteiger partial charge >= 0.3 is 0 Å². The van der Waals surface area contributed by atoms with Gasteiger partial charge in [-0.25, -0.2) is 0 Å². The van der Waals surface area contributed by atoms with Gasteiger partial charge in [0.25, 0.3) is 0 Å². The van der Waals surface area contributed by atoms with E-state index in [0.29, 0.717) is 0 Å². The van der Waals surface area contributed by atoms with Gasteiger partial charge in [-0.05, 0) is 61.9 Å². The monoisotopic (exact) mass is 364 g/mol. The minimum absolute atomic E-state index is 0.735. The number of ether oxygens (including phenoxy) is 1. The molecule has 2 aromatic carbocycles. The Kier molecular flexibility index (Phi) is 5.80. The standard InChI is InChI=1S/C24H32N2O/c1-19-6-8-21(9-7-19)22-4-3-5-24(16-22)25-14-11-23(12-15-25)26-13-10-20(17-26)18-27-2/h3-9,16,20,23H,10-15,17-18H2,1-2H3. The lowest BCUT2D eigenvalue weighted by Gasteiger charge is -2.38. The van der Waals surface area contributed by atoms with Crippen molar-refractivity contribution in [2.24, 2.45) is 5.92 Å². The molecule has 2 aromatic rings. The largest absolute Gasteiger partial charge is 0.384 e. The van der Waals surface area contributed by atoms with E-state index in [1.54, 1.807) is 0 Å². The lowest BCUT2D eigenvalue weighted by atomic mass is 10.0. The molecule has 0 spiro atoms. The molecule has 144 valence electrons. The lowest BCUT2D eigenvalue weighted by molar-refractivity contribution is 0.142. The predicted octanol–water partition coefficient (Wildman–Crippen LogP) is 4.60. The molecule has 27 heavy (non-hydrogen) atoms. The molecular formula is C24H32N2O. The topological polar surface area (TPSA) is 15.7 Å². The van der Waals surface area contributed by atoms with Crippen LogP contribution in [0.1, 0.15) is 24.8 Å². The highest BCUT2D eigenvalue weighted by Crippen LogP contribution is 2.29. The molecule has 2 saturated heterocycles. The third-order valence-electron chi connectivity index (χ3n) is 6.30. The van der Waals surface area contributed by atoms with Crippen molar-refractivity contribution in [3.63, 3.8) is 0 Å². The number of nitrogens with zero attached hydrogens (tertiary/aromatic N) is 2. The summed E-state index contributed by atoms with van der Waals surface area (Å²) in [5.41, 5.74) is 5.30. The van der Waals surface area contributed by atoms with Crippen LogP contribution in [0, 0.1) is 12.8 Å². The molecule has 2 heterocycles. The SMILES string of the molecule is COCC1CCN(C2CCN(c3cccc(-c4ccc(C)cc4)c3)CC2)C1. The number of anilines is 1. The number of aryl methyl sites for hydroxylation is 1. The highest BCUT2D eigenvalue weighted by Gasteiger charge is 2.30. The van der Waals surface area contributed by atoms with Crippen molar-refractivity contribution < 1.29 is 4.74 Å². The summed E-state index contributed by atoms with van der Waals surface area (Å²) in [5.74, 6) is 0.735. The van der Waals surface area contributed by atoms with Crippen LogP contribution in [0.4, 0.5) is 5.69 Å². The number of piperidine rings is 1. The molecule has 0 saturated carbocycles. The zero-order valence-corrected chi connectivity index (χ0v) is 16.7. The van der Waals surface area contributed by atoms with E-state index < -0.39 is 0 Å². The van der Waals surface area contributed by atoms with Gasteiger partial charge in [0, 0.05) is 38.5 Å². The predicted molar refractivity (Wildman–Crippen MR) is 113 cm³/mol. The third-order valence-corrected chi connectivity index (χ3v) is 6.30. The minimum atomic E-state index is 0.735. The molecule has 4 rings (SSSR count). The van der Waals surface area contributed by atoms with Crippen LogP contribution in [0.2, 0.25) is 0 Å². The van der Waals surface area contributed by atoms with E-state index in [2.05, 4.69) is 65.3 Å². The van der Waals surface area contributed by atoms with Gasteiger partial charge in [-0.1, -0.05) is 42.0 Å². The summed E-state index contributed by atoms with van der Waals surface area (Å²) in [6.45, 7) is 7.85. The molecule has 0 aromatic heterocycles. The first kappa shape index (κ1) is 18.5. The maximum absolute atomic E-state index is 5.36. The maximum atomic E-state index is 5.36. The quantitative estimate of drug-likeness (QED) is 0.771. The molecule has 0 bridgehead atoms. The number of likely N-dealkylation sites (tertiary alicyclic amines) is 1. The van der Waals surface area contributed by atoms with E-state index in [4.69, 9.17) is 4.74 Å². The van der Waals surface area contributed by atoms with Gasteiger partial charge < -0.3 is 9.64 Å². The Labute approximate surface area is 163 Å². The fraction of sp³-hybridized carbons (Fsp3) is 0.500. The highest BCUT2D eigenvalue weighted by molar-refractivity contribution is 5.68. The van der Waals surface area contributed by atoms with Gasteiger partial charge in [0.15, 0.2) is 0 Å². The van der Waals surface area contributed by atoms with Crippen molar-refractivity contribution in [1.82, 2.24) is 4.90 Å². The van der Waals surface area contributed by atoms with Gasteiger partial charge in [-0.15, -0.1) is 0 Å². The highest BCUT2D eigenvalue weighted by atomic mass is 16.5. The zero-order valence-electron chi connectivity index (χ0n) is 16.7. The summed E-state index contributed by atoms with van der Waals surface area (Å²) >= 11 is 0. The lowest BCUT2D eigenvalue weighted by Crippen LogP contribution is -2.44. The Morgan fingerprint density at radius 2 is 1.70 bits per heavy atom. The fourth-order valence-electron chi connectivity index (χ4n) is 4.68. The number of rotatable bonds is 5. The molecule has 3 heteroatoms. The Balaban J connectivity index is 1.37. The second kappa shape index (κ2) is 8.45. The van der Waals surface area contributed by atoms with Crippen molar-refractivity contribution in [1.29, 1.82) is 0 Å². The number of benzene rings is 2. The summed E-state index contributed by atoms with van der Waals surface area (Å²) in [6, 6.07) is 18.6. The van der Waals surface area contributed by atoms with Crippen LogP contribution in [0.15, 0.2) is 48.5 Å². The molecule has 3 nitrogen and oxygen atoms in total. The number of methoxy groups -OCH3 is 1. The molecule has 2 aliphatic rings. The van der Waals surface area contributed by atoms with Gasteiger partial charge in [0.2, 0.25) is 0 Å². The van der Waals surface area contributed by atoms with Gasteiger partial charge in [-0.3, -0.25) is 4.90 Å². The normalized spacial score (nSPS) is 21.7. The van der Waals surface area contributed by atoms with Crippen molar-refractivity contribution in [3.05, 3.63) is 54.1 Å². The van der Waals surface area contributed by atoms with E-state index in [0.717, 1.165) is 31.7 Å². The van der Waals surface area contributed by atoms with E-state index in [-0.39, 0.29) is 0 Å². The number of hydrogen-bond donors (Lipinski definition) is 0. The van der Waals surface area contributed by atoms with Crippen molar-refractivity contribution >= 4 is 5.69 Å². The summed E-state index contributed by atoms with van der Waals surface area (Å²) in [4.78, 5) is 5.28. The Morgan fingerprint density at radius 1 is 0.926 bits per heavy atom. The van der Waals surface area contributed by atoms with Crippen molar-refractivity contribution in [3.8, 4) is 11.1 Å². The molecule has 0 radical (unpaired) electrons. The Bertz CT molecular complexity index is 734. The second-order valence-corrected chi connectivity index (χ2v) is 8.24. The summed E-state index contributed by atoms with van der Waals surface area (Å²) in [6.07, 6.45) is 3.84. The van der Waals surface area contributed by atoms with E-state index in [1.165, 1.54) is 54.7 Å². The molecular weight excluding hydrogens is 332 g/mol. The first-order chi connectivity index (χ1) is 13.2. The molecule has 2 aliphatic heterocycles. The van der Waals surface area contributed by atoms with Crippen LogP contribution in [0.3, 0.4) is 0 Å². The molecule has 0 aliphatic carbocycles. The molecule has 2 fully saturated rings. The smallest absolute Gasteiger partial charge is 0.0503 e. The second-order valence-electron chi connectivity index (χ2n) is 8.24. The van der Waals surface area contributed by atoms with Crippen LogP contribution >= 0.6 is 0 Å². The fourth-order valence-corrected chi connectivity index (χ4v) is 4.68. The van der Waals surface area contributed by atoms with Crippen LogP contribution in [0.5, 0.6) is 0 Å². The van der Waals surface area contributed by atoms with Gasteiger partial charge in [0.1, 0.15) is 0 Å². The summed E-state index contributed by atoms with van der Waals surface area (Å²) in [5, 5.41) is 0. The van der Waals surface area contributed by atoms with Crippen LogP contribution in [0.25, 0.3) is 11.1 Å². The van der Waals surface area contributed by atoms with E-state index in [1.807, 2.05) is 7.11 Å². The third kappa shape index (κ3) is 4.36.